The fraction of sp³-hybridized carbons (Fsp3) is 0.458. The number of nitrogens with one attached hydrogen (secondary N) is 1. The molecular weight excluding hydrogens is 412 g/mol. The summed E-state index contributed by atoms with van der Waals surface area (Å²) in [7, 11) is 0. The van der Waals surface area contributed by atoms with E-state index in [0.717, 1.165) is 24.2 Å². The van der Waals surface area contributed by atoms with E-state index < -0.39 is 11.9 Å². The number of nitrogens with zero attached hydrogens (tertiary/aromatic N) is 1. The Morgan fingerprint density at radius 1 is 1.03 bits per heavy atom. The predicted molar refractivity (Wildman–Crippen MR) is 119 cm³/mol. The van der Waals surface area contributed by atoms with Crippen LogP contribution in [0.15, 0.2) is 24.3 Å². The second kappa shape index (κ2) is 10.3. The van der Waals surface area contributed by atoms with Gasteiger partial charge in [0.1, 0.15) is 6.54 Å². The summed E-state index contributed by atoms with van der Waals surface area (Å²) in [5.74, 6) is -0.384. The van der Waals surface area contributed by atoms with Crippen molar-refractivity contribution in [3.63, 3.8) is 0 Å². The first kappa shape index (κ1) is 23.4. The van der Waals surface area contributed by atoms with Crippen molar-refractivity contribution in [2.24, 2.45) is 0 Å². The maximum Gasteiger partial charge on any atom is 0.325 e. The van der Waals surface area contributed by atoms with Crippen LogP contribution in [0.4, 0.5) is 0 Å². The van der Waals surface area contributed by atoms with E-state index in [0.29, 0.717) is 41.9 Å². The van der Waals surface area contributed by atoms with Gasteiger partial charge in [-0.25, -0.2) is 0 Å². The maximum absolute atomic E-state index is 12.5. The average Bonchev–Trinajstić information content (AvgIpc) is 3.56. The first-order valence-electron chi connectivity index (χ1n) is 10.9. The number of amides is 1. The minimum atomic E-state index is -0.682. The lowest BCUT2D eigenvalue weighted by Crippen LogP contribution is -2.31. The van der Waals surface area contributed by atoms with E-state index in [1.165, 1.54) is 0 Å². The molecule has 172 valence electrons. The molecule has 8 nitrogen and oxygen atoms in total. The van der Waals surface area contributed by atoms with Crippen LogP contribution in [0, 0.1) is 13.8 Å². The molecule has 1 amide bonds. The number of aromatic nitrogens is 1. The van der Waals surface area contributed by atoms with Crippen molar-refractivity contribution in [3.8, 4) is 11.5 Å². The molecule has 32 heavy (non-hydrogen) atoms. The summed E-state index contributed by atoms with van der Waals surface area (Å²) >= 11 is 0. The number of carbonyl (C=O) groups is 3. The summed E-state index contributed by atoms with van der Waals surface area (Å²) in [6.07, 6.45) is 2.25. The quantitative estimate of drug-likeness (QED) is 0.423. The Labute approximate surface area is 187 Å². The molecule has 0 spiro atoms. The van der Waals surface area contributed by atoms with E-state index in [-0.39, 0.29) is 18.9 Å². The van der Waals surface area contributed by atoms with Crippen LogP contribution >= 0.6 is 0 Å². The first-order chi connectivity index (χ1) is 15.3. The molecule has 1 N–H and O–H groups in total. The normalized spacial score (nSPS) is 12.9. The second-order valence-electron chi connectivity index (χ2n) is 7.68. The van der Waals surface area contributed by atoms with Gasteiger partial charge in [-0.3, -0.25) is 14.4 Å². The molecule has 1 fully saturated rings. The number of aryl methyl sites for hydroxylation is 1. The molecule has 3 rings (SSSR count). The topological polar surface area (TPSA) is 95.9 Å². The van der Waals surface area contributed by atoms with Crippen molar-refractivity contribution in [2.45, 2.75) is 46.6 Å². The van der Waals surface area contributed by atoms with Gasteiger partial charge in [0.15, 0.2) is 18.1 Å². The zero-order chi connectivity index (χ0) is 23.3. The number of hydrogen-bond acceptors (Lipinski definition) is 6. The summed E-state index contributed by atoms with van der Waals surface area (Å²) in [6.45, 7) is 7.78. The molecule has 8 heteroatoms. The predicted octanol–water partition coefficient (Wildman–Crippen LogP) is 3.39. The number of carbonyl (C=O) groups excluding carboxylic acids is 3. The van der Waals surface area contributed by atoms with Gasteiger partial charge in [-0.15, -0.1) is 0 Å². The zero-order valence-corrected chi connectivity index (χ0v) is 19.0. The Morgan fingerprint density at radius 2 is 1.72 bits per heavy atom. The van der Waals surface area contributed by atoms with Gasteiger partial charge >= 0.3 is 5.97 Å². The standard InChI is InChI=1S/C24H30N2O6/c1-5-30-21-10-7-17(12-22(21)31-6-2)24(29)25-13-23(28)32-14-20(27)19-11-15(3)26(16(19)4)18-8-9-18/h7,10-12,18H,5-6,8-9,13-14H2,1-4H3,(H,25,29). The molecule has 0 saturated heterocycles. The monoisotopic (exact) mass is 442 g/mol. The number of benzene rings is 1. The second-order valence-corrected chi connectivity index (χ2v) is 7.68. The number of rotatable bonds is 11. The highest BCUT2D eigenvalue weighted by Gasteiger charge is 2.28. The SMILES string of the molecule is CCOc1ccc(C(=O)NCC(=O)OCC(=O)c2cc(C)n(C3CC3)c2C)cc1OCC. The molecule has 0 atom stereocenters. The van der Waals surface area contributed by atoms with Crippen molar-refractivity contribution in [1.82, 2.24) is 9.88 Å². The van der Waals surface area contributed by atoms with Crippen LogP contribution in [0.2, 0.25) is 0 Å². The molecule has 1 aromatic carbocycles. The molecular formula is C24H30N2O6. The maximum atomic E-state index is 12.5. The molecule has 1 saturated carbocycles. The van der Waals surface area contributed by atoms with Crippen LogP contribution in [-0.4, -0.2) is 48.6 Å². The number of Topliss-reactive ketones (excluding diaryl/α,β-unsaturated/α-hetero) is 1. The van der Waals surface area contributed by atoms with Crippen LogP contribution in [0.5, 0.6) is 11.5 Å². The minimum Gasteiger partial charge on any atom is -0.490 e. The Kier molecular flexibility index (Phi) is 7.56. The van der Waals surface area contributed by atoms with E-state index in [1.54, 1.807) is 18.2 Å². The molecule has 0 radical (unpaired) electrons. The summed E-state index contributed by atoms with van der Waals surface area (Å²) in [5.41, 5.74) is 2.84. The van der Waals surface area contributed by atoms with Gasteiger partial charge in [0.2, 0.25) is 5.78 Å². The average molecular weight is 443 g/mol. The van der Waals surface area contributed by atoms with Gasteiger partial charge < -0.3 is 24.1 Å². The van der Waals surface area contributed by atoms with Crippen molar-refractivity contribution in [2.75, 3.05) is 26.4 Å². The molecule has 1 aromatic heterocycles. The highest BCUT2D eigenvalue weighted by molar-refractivity contribution is 6.00. The molecule has 1 heterocycles. The lowest BCUT2D eigenvalue weighted by atomic mass is 10.1. The largest absolute Gasteiger partial charge is 0.490 e. The lowest BCUT2D eigenvalue weighted by Gasteiger charge is -2.12. The van der Waals surface area contributed by atoms with Crippen LogP contribution in [0.3, 0.4) is 0 Å². The first-order valence-corrected chi connectivity index (χ1v) is 10.9. The van der Waals surface area contributed by atoms with Crippen molar-refractivity contribution < 1.29 is 28.6 Å². The Morgan fingerprint density at radius 3 is 2.38 bits per heavy atom. The highest BCUT2D eigenvalue weighted by atomic mass is 16.5. The third-order valence-corrected chi connectivity index (χ3v) is 5.26. The van der Waals surface area contributed by atoms with Crippen molar-refractivity contribution in [3.05, 3.63) is 46.8 Å². The van der Waals surface area contributed by atoms with Crippen LogP contribution in [0.25, 0.3) is 0 Å². The summed E-state index contributed by atoms with van der Waals surface area (Å²) in [6, 6.07) is 7.12. The van der Waals surface area contributed by atoms with Gasteiger partial charge in [-0.1, -0.05) is 0 Å². The van der Waals surface area contributed by atoms with Gasteiger partial charge in [0, 0.05) is 28.6 Å². The number of esters is 1. The van der Waals surface area contributed by atoms with Crippen LogP contribution < -0.4 is 14.8 Å². The number of ether oxygens (including phenoxy) is 3. The smallest absolute Gasteiger partial charge is 0.325 e. The van der Waals surface area contributed by atoms with Crippen molar-refractivity contribution in [1.29, 1.82) is 0 Å². The lowest BCUT2D eigenvalue weighted by molar-refractivity contribution is -0.141. The van der Waals surface area contributed by atoms with E-state index in [9.17, 15) is 14.4 Å². The van der Waals surface area contributed by atoms with E-state index in [2.05, 4.69) is 9.88 Å². The van der Waals surface area contributed by atoms with Crippen molar-refractivity contribution >= 4 is 17.7 Å². The van der Waals surface area contributed by atoms with E-state index in [4.69, 9.17) is 14.2 Å². The highest BCUT2D eigenvalue weighted by Crippen LogP contribution is 2.38. The molecule has 0 unspecified atom stereocenters. The Hall–Kier alpha value is -3.29. The number of ketones is 1. The van der Waals surface area contributed by atoms with E-state index in [1.807, 2.05) is 33.8 Å². The van der Waals surface area contributed by atoms with E-state index >= 15 is 0 Å². The third-order valence-electron chi connectivity index (χ3n) is 5.26. The number of hydrogen-bond donors (Lipinski definition) is 1. The van der Waals surface area contributed by atoms with Gasteiger partial charge in [-0.2, -0.15) is 0 Å². The Bertz CT molecular complexity index is 1010. The molecule has 0 bridgehead atoms. The molecule has 0 aliphatic heterocycles. The fourth-order valence-corrected chi connectivity index (χ4v) is 3.68. The molecule has 2 aromatic rings. The molecule has 1 aliphatic rings. The zero-order valence-electron chi connectivity index (χ0n) is 19.0. The minimum absolute atomic E-state index is 0.252. The summed E-state index contributed by atoms with van der Waals surface area (Å²) < 4.78 is 18.2. The Balaban J connectivity index is 1.51. The fourth-order valence-electron chi connectivity index (χ4n) is 3.68. The van der Waals surface area contributed by atoms with Crippen LogP contribution in [-0.2, 0) is 9.53 Å². The van der Waals surface area contributed by atoms with Crippen LogP contribution in [0.1, 0.15) is 64.8 Å². The van der Waals surface area contributed by atoms with Gasteiger partial charge in [-0.05, 0) is 64.8 Å². The molecule has 1 aliphatic carbocycles. The van der Waals surface area contributed by atoms with Gasteiger partial charge in [0.25, 0.3) is 5.91 Å². The summed E-state index contributed by atoms with van der Waals surface area (Å²) in [5, 5.41) is 2.51. The third kappa shape index (κ3) is 5.49. The van der Waals surface area contributed by atoms with Gasteiger partial charge in [0.05, 0.1) is 13.2 Å². The summed E-state index contributed by atoms with van der Waals surface area (Å²) in [4.78, 5) is 37.0.